The SMILES string of the molecule is Cc1cc(C)c(Nc2cncc(C(=O)Nc3ccccc3F)c2)c(Cl)c1. The molecule has 0 aliphatic heterocycles. The van der Waals surface area contributed by atoms with E-state index >= 15 is 0 Å². The summed E-state index contributed by atoms with van der Waals surface area (Å²) in [7, 11) is 0. The predicted octanol–water partition coefficient (Wildman–Crippen LogP) is 5.49. The minimum absolute atomic E-state index is 0.119. The Morgan fingerprint density at radius 3 is 2.62 bits per heavy atom. The number of carbonyl (C=O) groups is 1. The summed E-state index contributed by atoms with van der Waals surface area (Å²) < 4.78 is 13.7. The molecule has 0 saturated heterocycles. The van der Waals surface area contributed by atoms with Crippen molar-refractivity contribution in [3.63, 3.8) is 0 Å². The van der Waals surface area contributed by atoms with Gasteiger partial charge in [0.1, 0.15) is 5.82 Å². The summed E-state index contributed by atoms with van der Waals surface area (Å²) in [4.78, 5) is 16.5. The van der Waals surface area contributed by atoms with Crippen LogP contribution in [-0.2, 0) is 0 Å². The number of aromatic nitrogens is 1. The van der Waals surface area contributed by atoms with Crippen LogP contribution in [0.4, 0.5) is 21.5 Å². The zero-order chi connectivity index (χ0) is 18.7. The standard InChI is InChI=1S/C20H17ClFN3O/c1-12-7-13(2)19(16(21)8-12)24-15-9-14(10-23-11-15)20(26)25-18-6-4-3-5-17(18)22/h3-11,24H,1-2H3,(H,25,26). The maximum atomic E-state index is 13.7. The van der Waals surface area contributed by atoms with Gasteiger partial charge in [0.05, 0.1) is 33.8 Å². The third kappa shape index (κ3) is 4.00. The summed E-state index contributed by atoms with van der Waals surface area (Å²) >= 11 is 6.31. The number of aryl methyl sites for hydroxylation is 2. The third-order valence-electron chi connectivity index (χ3n) is 3.82. The lowest BCUT2D eigenvalue weighted by Crippen LogP contribution is -2.13. The van der Waals surface area contributed by atoms with E-state index in [4.69, 9.17) is 11.6 Å². The number of halogens is 2. The molecular weight excluding hydrogens is 353 g/mol. The largest absolute Gasteiger partial charge is 0.353 e. The lowest BCUT2D eigenvalue weighted by atomic mass is 10.1. The van der Waals surface area contributed by atoms with Crippen molar-refractivity contribution in [2.24, 2.45) is 0 Å². The van der Waals surface area contributed by atoms with Crippen LogP contribution >= 0.6 is 11.6 Å². The highest BCUT2D eigenvalue weighted by atomic mass is 35.5. The van der Waals surface area contributed by atoms with Gasteiger partial charge in [0.15, 0.2) is 0 Å². The van der Waals surface area contributed by atoms with E-state index in [1.165, 1.54) is 18.3 Å². The van der Waals surface area contributed by atoms with Gasteiger partial charge in [-0.05, 0) is 49.2 Å². The van der Waals surface area contributed by atoms with Gasteiger partial charge in [-0.2, -0.15) is 0 Å². The highest BCUT2D eigenvalue weighted by Crippen LogP contribution is 2.30. The number of benzene rings is 2. The Morgan fingerprint density at radius 1 is 1.12 bits per heavy atom. The number of nitrogens with one attached hydrogen (secondary N) is 2. The summed E-state index contributed by atoms with van der Waals surface area (Å²) in [5.74, 6) is -0.942. The molecule has 0 aliphatic carbocycles. The van der Waals surface area contributed by atoms with Gasteiger partial charge in [0.2, 0.25) is 0 Å². The first-order chi connectivity index (χ1) is 12.4. The van der Waals surface area contributed by atoms with Gasteiger partial charge in [-0.25, -0.2) is 4.39 Å². The Kier molecular flexibility index (Phi) is 5.19. The van der Waals surface area contributed by atoms with E-state index in [0.29, 0.717) is 16.3 Å². The minimum Gasteiger partial charge on any atom is -0.353 e. The molecule has 0 radical (unpaired) electrons. The number of hydrogen-bond acceptors (Lipinski definition) is 3. The van der Waals surface area contributed by atoms with Crippen LogP contribution in [0, 0.1) is 19.7 Å². The van der Waals surface area contributed by atoms with Gasteiger partial charge in [-0.1, -0.05) is 29.8 Å². The van der Waals surface area contributed by atoms with Crippen LogP contribution in [0.2, 0.25) is 5.02 Å². The van der Waals surface area contributed by atoms with E-state index in [-0.39, 0.29) is 5.69 Å². The van der Waals surface area contributed by atoms with Crippen LogP contribution in [-0.4, -0.2) is 10.9 Å². The van der Waals surface area contributed by atoms with E-state index in [0.717, 1.165) is 16.8 Å². The zero-order valence-electron chi connectivity index (χ0n) is 14.3. The van der Waals surface area contributed by atoms with Crippen LogP contribution in [0.15, 0.2) is 54.9 Å². The highest BCUT2D eigenvalue weighted by Gasteiger charge is 2.11. The first-order valence-electron chi connectivity index (χ1n) is 7.99. The Balaban J connectivity index is 1.83. The fourth-order valence-electron chi connectivity index (χ4n) is 2.61. The number of nitrogens with zero attached hydrogens (tertiary/aromatic N) is 1. The number of rotatable bonds is 4. The molecule has 2 N–H and O–H groups in total. The van der Waals surface area contributed by atoms with Crippen LogP contribution < -0.4 is 10.6 Å². The summed E-state index contributed by atoms with van der Waals surface area (Å²) in [6.07, 6.45) is 3.01. The predicted molar refractivity (Wildman–Crippen MR) is 103 cm³/mol. The van der Waals surface area contributed by atoms with E-state index in [9.17, 15) is 9.18 Å². The lowest BCUT2D eigenvalue weighted by molar-refractivity contribution is 0.102. The fourth-order valence-corrected chi connectivity index (χ4v) is 2.98. The van der Waals surface area contributed by atoms with Crippen molar-refractivity contribution in [2.75, 3.05) is 10.6 Å². The second kappa shape index (κ2) is 7.54. The summed E-state index contributed by atoms with van der Waals surface area (Å²) in [6, 6.07) is 11.5. The number of anilines is 3. The van der Waals surface area contributed by atoms with Crippen LogP contribution in [0.1, 0.15) is 21.5 Å². The van der Waals surface area contributed by atoms with Crippen LogP contribution in [0.5, 0.6) is 0 Å². The molecule has 26 heavy (non-hydrogen) atoms. The number of carbonyl (C=O) groups excluding carboxylic acids is 1. The molecule has 0 spiro atoms. The average Bonchev–Trinajstić information content (AvgIpc) is 2.60. The molecule has 4 nitrogen and oxygen atoms in total. The van der Waals surface area contributed by atoms with E-state index in [1.54, 1.807) is 24.4 Å². The molecule has 1 amide bonds. The van der Waals surface area contributed by atoms with Crippen LogP contribution in [0.25, 0.3) is 0 Å². The topological polar surface area (TPSA) is 54.0 Å². The molecule has 3 aromatic rings. The maximum Gasteiger partial charge on any atom is 0.257 e. The van der Waals surface area contributed by atoms with Gasteiger partial charge in [-0.3, -0.25) is 9.78 Å². The molecule has 3 rings (SSSR count). The monoisotopic (exact) mass is 369 g/mol. The van der Waals surface area contributed by atoms with E-state index in [2.05, 4.69) is 15.6 Å². The number of hydrogen-bond donors (Lipinski definition) is 2. The second-order valence-electron chi connectivity index (χ2n) is 5.96. The Hall–Kier alpha value is -2.92. The van der Waals surface area contributed by atoms with Crippen molar-refractivity contribution < 1.29 is 9.18 Å². The second-order valence-corrected chi connectivity index (χ2v) is 6.37. The molecule has 0 saturated carbocycles. The molecule has 6 heteroatoms. The first-order valence-corrected chi connectivity index (χ1v) is 8.36. The molecule has 0 atom stereocenters. The number of amides is 1. The molecule has 1 aromatic heterocycles. The van der Waals surface area contributed by atoms with Crippen molar-refractivity contribution >= 4 is 34.6 Å². The normalized spacial score (nSPS) is 10.5. The molecule has 2 aromatic carbocycles. The minimum atomic E-state index is -0.495. The van der Waals surface area contributed by atoms with Gasteiger partial charge in [0.25, 0.3) is 5.91 Å². The quantitative estimate of drug-likeness (QED) is 0.639. The molecule has 0 bridgehead atoms. The molecule has 0 fully saturated rings. The number of pyridine rings is 1. The summed E-state index contributed by atoms with van der Waals surface area (Å²) in [5, 5.41) is 6.32. The van der Waals surface area contributed by atoms with Crippen molar-refractivity contribution in [3.8, 4) is 0 Å². The molecular formula is C20H17ClFN3O. The van der Waals surface area contributed by atoms with E-state index in [1.807, 2.05) is 26.0 Å². The lowest BCUT2D eigenvalue weighted by Gasteiger charge is -2.13. The summed E-state index contributed by atoms with van der Waals surface area (Å²) in [5.41, 5.74) is 3.84. The Labute approximate surface area is 156 Å². The third-order valence-corrected chi connectivity index (χ3v) is 4.12. The number of para-hydroxylation sites is 1. The van der Waals surface area contributed by atoms with Crippen molar-refractivity contribution in [1.29, 1.82) is 0 Å². The van der Waals surface area contributed by atoms with E-state index < -0.39 is 11.7 Å². The fraction of sp³-hybridized carbons (Fsp3) is 0.100. The van der Waals surface area contributed by atoms with Gasteiger partial charge in [-0.15, -0.1) is 0 Å². The van der Waals surface area contributed by atoms with Crippen LogP contribution in [0.3, 0.4) is 0 Å². The molecule has 132 valence electrons. The Bertz CT molecular complexity index is 952. The molecule has 0 unspecified atom stereocenters. The highest BCUT2D eigenvalue weighted by molar-refractivity contribution is 6.33. The smallest absolute Gasteiger partial charge is 0.257 e. The van der Waals surface area contributed by atoms with Gasteiger partial charge < -0.3 is 10.6 Å². The molecule has 1 heterocycles. The Morgan fingerprint density at radius 2 is 1.88 bits per heavy atom. The van der Waals surface area contributed by atoms with Gasteiger partial charge >= 0.3 is 0 Å². The summed E-state index contributed by atoms with van der Waals surface area (Å²) in [6.45, 7) is 3.92. The van der Waals surface area contributed by atoms with Gasteiger partial charge in [0, 0.05) is 6.20 Å². The molecule has 0 aliphatic rings. The van der Waals surface area contributed by atoms with Crippen molar-refractivity contribution in [2.45, 2.75) is 13.8 Å². The zero-order valence-corrected chi connectivity index (χ0v) is 15.1. The van der Waals surface area contributed by atoms with Crippen molar-refractivity contribution in [1.82, 2.24) is 4.98 Å². The first kappa shape index (κ1) is 17.9. The maximum absolute atomic E-state index is 13.7. The van der Waals surface area contributed by atoms with Crippen molar-refractivity contribution in [3.05, 3.63) is 82.4 Å². The average molecular weight is 370 g/mol.